The number of halogens is 1. The molecule has 8 heteroatoms. The van der Waals surface area contributed by atoms with Gasteiger partial charge in [0.2, 0.25) is 0 Å². The highest BCUT2D eigenvalue weighted by atomic mass is 35.5. The van der Waals surface area contributed by atoms with Gasteiger partial charge in [-0.15, -0.1) is 0 Å². The minimum Gasteiger partial charge on any atom is -0.458 e. The van der Waals surface area contributed by atoms with Crippen LogP contribution < -0.4 is 5.32 Å². The summed E-state index contributed by atoms with van der Waals surface area (Å²) in [6.45, 7) is 15.1. The molecule has 1 unspecified atom stereocenters. The number of rotatable bonds is 6. The number of imidazole rings is 1. The second kappa shape index (κ2) is 10.5. The van der Waals surface area contributed by atoms with Gasteiger partial charge in [0, 0.05) is 16.3 Å². The largest absolute Gasteiger partial charge is 0.458 e. The molecule has 1 amide bonds. The van der Waals surface area contributed by atoms with Gasteiger partial charge in [0.15, 0.2) is 0 Å². The van der Waals surface area contributed by atoms with Crippen LogP contribution in [0.15, 0.2) is 42.5 Å². The van der Waals surface area contributed by atoms with Crippen molar-refractivity contribution in [2.45, 2.75) is 79.1 Å². The zero-order valence-corrected chi connectivity index (χ0v) is 23.1. The number of hydrogen-bond donors (Lipinski definition) is 1. The van der Waals surface area contributed by atoms with Crippen molar-refractivity contribution in [2.75, 3.05) is 5.32 Å². The number of nitrogens with one attached hydrogen (secondary N) is 1. The molecule has 2 aromatic carbocycles. The fourth-order valence-corrected chi connectivity index (χ4v) is 4.06. The van der Waals surface area contributed by atoms with Gasteiger partial charge in [0.25, 0.3) is 0 Å². The fraction of sp³-hybridized carbons (Fsp3) is 0.464. The zero-order valence-electron chi connectivity index (χ0n) is 22.3. The zero-order chi connectivity index (χ0) is 26.8. The number of aromatic nitrogens is 2. The van der Waals surface area contributed by atoms with Gasteiger partial charge in [-0.1, -0.05) is 37.6 Å². The van der Waals surface area contributed by atoms with E-state index >= 15 is 0 Å². The molecule has 0 saturated heterocycles. The molecule has 0 spiro atoms. The van der Waals surface area contributed by atoms with Crippen molar-refractivity contribution in [1.82, 2.24) is 9.55 Å². The van der Waals surface area contributed by atoms with Crippen molar-refractivity contribution in [2.24, 2.45) is 5.92 Å². The summed E-state index contributed by atoms with van der Waals surface area (Å²) < 4.78 is 13.1. The normalized spacial score (nSPS) is 13.1. The maximum atomic E-state index is 13.5. The van der Waals surface area contributed by atoms with Crippen molar-refractivity contribution in [1.29, 1.82) is 0 Å². The molecule has 36 heavy (non-hydrogen) atoms. The quantitative estimate of drug-likeness (QED) is 0.342. The maximum absolute atomic E-state index is 13.5. The Bertz CT molecular complexity index is 1250. The SMILES string of the molecule is CC(C)CC(C(=O)OC(C)(C)C)n1c(-c2cccc(Cl)c2)nc2cc(NC(=O)OC(C)(C)C)ccc21. The number of carbonyl (C=O) groups excluding carboxylic acids is 2. The summed E-state index contributed by atoms with van der Waals surface area (Å²) in [5, 5.41) is 3.33. The molecule has 0 aliphatic rings. The van der Waals surface area contributed by atoms with E-state index in [1.165, 1.54) is 0 Å². The van der Waals surface area contributed by atoms with E-state index in [-0.39, 0.29) is 11.9 Å². The third-order valence-electron chi connectivity index (χ3n) is 5.10. The van der Waals surface area contributed by atoms with Gasteiger partial charge in [-0.05, 0) is 84.2 Å². The first kappa shape index (κ1) is 27.5. The second-order valence-electron chi connectivity index (χ2n) is 11.3. The first-order valence-electron chi connectivity index (χ1n) is 12.1. The summed E-state index contributed by atoms with van der Waals surface area (Å²) in [6.07, 6.45) is 0.00838. The van der Waals surface area contributed by atoms with Gasteiger partial charge in [-0.3, -0.25) is 5.32 Å². The Morgan fingerprint density at radius 1 is 1.00 bits per heavy atom. The van der Waals surface area contributed by atoms with E-state index in [2.05, 4.69) is 19.2 Å². The predicted molar refractivity (Wildman–Crippen MR) is 144 cm³/mol. The molecule has 0 saturated carbocycles. The monoisotopic (exact) mass is 513 g/mol. The average Bonchev–Trinajstić information content (AvgIpc) is 3.07. The molecule has 0 aliphatic heterocycles. The summed E-state index contributed by atoms with van der Waals surface area (Å²) in [5.41, 5.74) is 1.43. The molecule has 3 rings (SSSR count). The summed E-state index contributed by atoms with van der Waals surface area (Å²) >= 11 is 6.30. The van der Waals surface area contributed by atoms with Crippen molar-refractivity contribution in [3.8, 4) is 11.4 Å². The minimum absolute atomic E-state index is 0.222. The van der Waals surface area contributed by atoms with Gasteiger partial charge < -0.3 is 14.0 Å². The smallest absolute Gasteiger partial charge is 0.412 e. The fourth-order valence-electron chi connectivity index (χ4n) is 3.87. The van der Waals surface area contributed by atoms with Crippen molar-refractivity contribution in [3.05, 3.63) is 47.5 Å². The summed E-state index contributed by atoms with van der Waals surface area (Å²) in [7, 11) is 0. The summed E-state index contributed by atoms with van der Waals surface area (Å²) in [4.78, 5) is 30.7. The Kier molecular flexibility index (Phi) is 8.04. The molecular weight excluding hydrogens is 478 g/mol. The number of fused-ring (bicyclic) bond motifs is 1. The van der Waals surface area contributed by atoms with Crippen LogP contribution in [0.4, 0.5) is 10.5 Å². The van der Waals surface area contributed by atoms with Gasteiger partial charge in [-0.25, -0.2) is 14.6 Å². The molecule has 1 N–H and O–H groups in total. The molecule has 7 nitrogen and oxygen atoms in total. The van der Waals surface area contributed by atoms with E-state index in [0.29, 0.717) is 28.5 Å². The molecule has 1 atom stereocenters. The molecule has 0 aliphatic carbocycles. The minimum atomic E-state index is -0.635. The van der Waals surface area contributed by atoms with Gasteiger partial charge >= 0.3 is 12.1 Å². The number of anilines is 1. The highest BCUT2D eigenvalue weighted by Crippen LogP contribution is 2.34. The van der Waals surface area contributed by atoms with E-state index in [4.69, 9.17) is 26.1 Å². The van der Waals surface area contributed by atoms with E-state index in [0.717, 1.165) is 11.1 Å². The van der Waals surface area contributed by atoms with Crippen LogP contribution in [0.2, 0.25) is 5.02 Å². The van der Waals surface area contributed by atoms with Crippen molar-refractivity contribution < 1.29 is 19.1 Å². The highest BCUT2D eigenvalue weighted by molar-refractivity contribution is 6.30. The summed E-state index contributed by atoms with van der Waals surface area (Å²) in [6, 6.07) is 12.2. The van der Waals surface area contributed by atoms with Crippen LogP contribution in [0.1, 0.15) is 67.9 Å². The lowest BCUT2D eigenvalue weighted by molar-refractivity contribution is -0.159. The van der Waals surface area contributed by atoms with Crippen LogP contribution >= 0.6 is 11.6 Å². The standard InChI is InChI=1S/C28H36ClN3O4/c1-17(2)14-23(25(33)35-27(3,4)5)32-22-13-12-20(30-26(34)36-28(6,7)8)16-21(22)31-24(32)18-10-9-11-19(29)15-18/h9-13,15-17,23H,14H2,1-8H3,(H,30,34). The van der Waals surface area contributed by atoms with Crippen LogP contribution in [0, 0.1) is 5.92 Å². The van der Waals surface area contributed by atoms with Crippen LogP contribution in [-0.4, -0.2) is 32.8 Å². The predicted octanol–water partition coefficient (Wildman–Crippen LogP) is 7.63. The molecule has 0 bridgehead atoms. The highest BCUT2D eigenvalue weighted by Gasteiger charge is 2.31. The molecular formula is C28H36ClN3O4. The lowest BCUT2D eigenvalue weighted by Gasteiger charge is -2.27. The second-order valence-corrected chi connectivity index (χ2v) is 11.8. The third kappa shape index (κ3) is 7.23. The van der Waals surface area contributed by atoms with E-state index in [1.54, 1.807) is 39.0 Å². The van der Waals surface area contributed by atoms with Crippen molar-refractivity contribution >= 4 is 40.4 Å². The first-order valence-corrected chi connectivity index (χ1v) is 12.5. The maximum Gasteiger partial charge on any atom is 0.412 e. The van der Waals surface area contributed by atoms with E-state index in [9.17, 15) is 9.59 Å². The van der Waals surface area contributed by atoms with Crippen LogP contribution in [0.3, 0.4) is 0 Å². The van der Waals surface area contributed by atoms with Crippen molar-refractivity contribution in [3.63, 3.8) is 0 Å². The number of carbonyl (C=O) groups is 2. The number of hydrogen-bond acceptors (Lipinski definition) is 5. The van der Waals surface area contributed by atoms with Crippen LogP contribution in [-0.2, 0) is 14.3 Å². The Hall–Kier alpha value is -3.06. The number of ether oxygens (including phenoxy) is 2. The van der Waals surface area contributed by atoms with E-state index < -0.39 is 23.3 Å². The average molecular weight is 514 g/mol. The Morgan fingerprint density at radius 3 is 2.25 bits per heavy atom. The number of benzene rings is 2. The third-order valence-corrected chi connectivity index (χ3v) is 5.34. The lowest BCUT2D eigenvalue weighted by atomic mass is 10.0. The number of amides is 1. The number of nitrogens with zero attached hydrogens (tertiary/aromatic N) is 2. The van der Waals surface area contributed by atoms with Gasteiger partial charge in [0.1, 0.15) is 23.1 Å². The Balaban J connectivity index is 2.16. The van der Waals surface area contributed by atoms with Gasteiger partial charge in [0.05, 0.1) is 11.0 Å². The number of esters is 1. The molecule has 3 aromatic rings. The Labute approximate surface area is 218 Å². The Morgan fingerprint density at radius 2 is 1.67 bits per heavy atom. The van der Waals surface area contributed by atoms with E-state index in [1.807, 2.05) is 49.6 Å². The first-order chi connectivity index (χ1) is 16.6. The van der Waals surface area contributed by atoms with Gasteiger partial charge in [-0.2, -0.15) is 0 Å². The molecule has 0 fully saturated rings. The molecule has 194 valence electrons. The topological polar surface area (TPSA) is 82.5 Å². The van der Waals surface area contributed by atoms with Crippen LogP contribution in [0.5, 0.6) is 0 Å². The molecule has 1 aromatic heterocycles. The molecule has 1 heterocycles. The van der Waals surface area contributed by atoms with Crippen LogP contribution in [0.25, 0.3) is 22.4 Å². The summed E-state index contributed by atoms with van der Waals surface area (Å²) in [5.74, 6) is 0.494. The lowest BCUT2D eigenvalue weighted by Crippen LogP contribution is -2.31. The molecule has 0 radical (unpaired) electrons.